The summed E-state index contributed by atoms with van der Waals surface area (Å²) in [4.78, 5) is 21.6. The molecule has 0 saturated carbocycles. The Morgan fingerprint density at radius 2 is 1.50 bits per heavy atom. The van der Waals surface area contributed by atoms with Crippen molar-refractivity contribution in [3.8, 4) is 5.75 Å². The van der Waals surface area contributed by atoms with Gasteiger partial charge in [-0.1, -0.05) is 38.8 Å². The van der Waals surface area contributed by atoms with E-state index in [2.05, 4.69) is 19.9 Å². The number of hydrogen-bond donors (Lipinski definition) is 4. The van der Waals surface area contributed by atoms with Crippen molar-refractivity contribution in [3.05, 3.63) is 29.3 Å². The zero-order valence-electron chi connectivity index (χ0n) is 12.1. The van der Waals surface area contributed by atoms with E-state index in [1.807, 2.05) is 6.07 Å². The molecular formula is C14H25O5P. The van der Waals surface area contributed by atoms with E-state index in [0.717, 1.165) is 19.3 Å². The van der Waals surface area contributed by atoms with Crippen LogP contribution in [0.2, 0.25) is 0 Å². The number of aryl methyl sites for hydroxylation is 1. The van der Waals surface area contributed by atoms with Gasteiger partial charge in [-0.2, -0.15) is 0 Å². The molecule has 0 fully saturated rings. The summed E-state index contributed by atoms with van der Waals surface area (Å²) in [5.41, 5.74) is 2.51. The van der Waals surface area contributed by atoms with Gasteiger partial charge in [0.25, 0.3) is 0 Å². The molecule has 1 aromatic carbocycles. The van der Waals surface area contributed by atoms with Crippen molar-refractivity contribution in [1.82, 2.24) is 0 Å². The van der Waals surface area contributed by atoms with Gasteiger partial charge in [0.15, 0.2) is 0 Å². The summed E-state index contributed by atoms with van der Waals surface area (Å²) in [5, 5.41) is 9.82. The predicted molar refractivity (Wildman–Crippen MR) is 79.6 cm³/mol. The highest BCUT2D eigenvalue weighted by molar-refractivity contribution is 7.45. The van der Waals surface area contributed by atoms with Crippen molar-refractivity contribution in [1.29, 1.82) is 0 Å². The van der Waals surface area contributed by atoms with Gasteiger partial charge in [-0.05, 0) is 42.9 Å². The maximum Gasteiger partial charge on any atom is 0.466 e. The molecule has 0 heterocycles. The minimum atomic E-state index is -4.64. The van der Waals surface area contributed by atoms with Crippen molar-refractivity contribution in [2.45, 2.75) is 52.4 Å². The second-order valence-corrected chi connectivity index (χ2v) is 5.66. The lowest BCUT2D eigenvalue weighted by atomic mass is 9.97. The molecule has 0 saturated heterocycles. The molecule has 0 unspecified atom stereocenters. The van der Waals surface area contributed by atoms with E-state index in [0.29, 0.717) is 5.75 Å². The molecule has 116 valence electrons. The molecule has 5 nitrogen and oxygen atoms in total. The molecule has 20 heavy (non-hydrogen) atoms. The van der Waals surface area contributed by atoms with Crippen LogP contribution in [-0.4, -0.2) is 19.8 Å². The smallest absolute Gasteiger partial charge is 0.466 e. The fraction of sp³-hybridized carbons (Fsp3) is 0.571. The lowest BCUT2D eigenvalue weighted by Crippen LogP contribution is -1.95. The van der Waals surface area contributed by atoms with E-state index in [-0.39, 0.29) is 0 Å². The first-order valence-electron chi connectivity index (χ1n) is 6.87. The number of rotatable bonds is 6. The van der Waals surface area contributed by atoms with E-state index >= 15 is 0 Å². The van der Waals surface area contributed by atoms with E-state index in [1.54, 1.807) is 6.07 Å². The normalized spacial score (nSPS) is 10.8. The number of phosphoric acid groups is 1. The van der Waals surface area contributed by atoms with Gasteiger partial charge < -0.3 is 19.8 Å². The van der Waals surface area contributed by atoms with Crippen molar-refractivity contribution >= 4 is 7.82 Å². The van der Waals surface area contributed by atoms with Crippen LogP contribution in [0.1, 0.15) is 50.7 Å². The van der Waals surface area contributed by atoms with Gasteiger partial charge in [-0.15, -0.1) is 0 Å². The van der Waals surface area contributed by atoms with Gasteiger partial charge in [0.2, 0.25) is 0 Å². The number of phenols is 1. The van der Waals surface area contributed by atoms with E-state index in [9.17, 15) is 5.11 Å². The van der Waals surface area contributed by atoms with Crippen molar-refractivity contribution in [2.24, 2.45) is 0 Å². The van der Waals surface area contributed by atoms with Crippen molar-refractivity contribution in [3.63, 3.8) is 0 Å². The minimum Gasteiger partial charge on any atom is -0.508 e. The number of hydrogen-bond acceptors (Lipinski definition) is 2. The molecule has 0 radical (unpaired) electrons. The molecule has 6 heteroatoms. The van der Waals surface area contributed by atoms with Crippen molar-refractivity contribution in [2.75, 3.05) is 0 Å². The molecule has 0 aromatic heterocycles. The average Bonchev–Trinajstić information content (AvgIpc) is 2.33. The van der Waals surface area contributed by atoms with Gasteiger partial charge >= 0.3 is 7.82 Å². The van der Waals surface area contributed by atoms with E-state index in [4.69, 9.17) is 19.2 Å². The maximum atomic E-state index is 9.82. The van der Waals surface area contributed by atoms with Crippen LogP contribution in [0, 0.1) is 0 Å². The molecular weight excluding hydrogens is 279 g/mol. The molecule has 4 N–H and O–H groups in total. The molecule has 0 aliphatic heterocycles. The first kappa shape index (κ1) is 19.1. The Morgan fingerprint density at radius 1 is 1.00 bits per heavy atom. The Kier molecular flexibility index (Phi) is 9.51. The summed E-state index contributed by atoms with van der Waals surface area (Å²) in [6, 6.07) is 5.91. The highest BCUT2D eigenvalue weighted by atomic mass is 31.2. The minimum absolute atomic E-state index is 0.483. The zero-order valence-corrected chi connectivity index (χ0v) is 13.0. The lowest BCUT2D eigenvalue weighted by molar-refractivity contribution is 0.275. The predicted octanol–water partition coefficient (Wildman–Crippen LogP) is 3.15. The summed E-state index contributed by atoms with van der Waals surface area (Å²) in [7, 11) is -4.64. The third-order valence-corrected chi connectivity index (χ3v) is 2.83. The van der Waals surface area contributed by atoms with Crippen LogP contribution in [0.15, 0.2) is 18.2 Å². The molecule has 0 bridgehead atoms. The van der Waals surface area contributed by atoms with Gasteiger partial charge in [-0.3, -0.25) is 0 Å². The van der Waals surface area contributed by atoms with Crippen LogP contribution >= 0.6 is 7.82 Å². The highest BCUT2D eigenvalue weighted by Gasteiger charge is 2.06. The molecule has 0 atom stereocenters. The van der Waals surface area contributed by atoms with Crippen LogP contribution in [0.3, 0.4) is 0 Å². The Morgan fingerprint density at radius 3 is 2.00 bits per heavy atom. The van der Waals surface area contributed by atoms with Crippen LogP contribution in [-0.2, 0) is 17.4 Å². The SMILES string of the molecule is CCCCc1cccc(O)c1CCCC.O=P(O)(O)O. The monoisotopic (exact) mass is 304 g/mol. The molecule has 0 aliphatic rings. The summed E-state index contributed by atoms with van der Waals surface area (Å²) in [6.07, 6.45) is 6.88. The Hall–Kier alpha value is -0.870. The van der Waals surface area contributed by atoms with Crippen molar-refractivity contribution < 1.29 is 24.4 Å². The number of unbranched alkanes of at least 4 members (excludes halogenated alkanes) is 2. The Bertz CT molecular complexity index is 419. The lowest BCUT2D eigenvalue weighted by Gasteiger charge is -2.10. The van der Waals surface area contributed by atoms with Gasteiger partial charge in [0.1, 0.15) is 5.75 Å². The average molecular weight is 304 g/mol. The van der Waals surface area contributed by atoms with Crippen LogP contribution in [0.4, 0.5) is 0 Å². The first-order chi connectivity index (χ1) is 9.29. The number of phenolic OH excluding ortho intramolecular Hbond substituents is 1. The maximum absolute atomic E-state index is 9.82. The third kappa shape index (κ3) is 9.98. The van der Waals surface area contributed by atoms with Gasteiger partial charge in [-0.25, -0.2) is 4.57 Å². The summed E-state index contributed by atoms with van der Waals surface area (Å²) in [5.74, 6) is 0.483. The standard InChI is InChI=1S/C14H22O.H3O4P/c1-3-5-8-12-9-7-11-14(15)13(12)10-6-4-2;1-5(2,3)4/h7,9,11,15H,3-6,8,10H2,1-2H3;(H3,1,2,3,4). The second-order valence-electron chi connectivity index (χ2n) is 4.64. The largest absolute Gasteiger partial charge is 0.508 e. The molecule has 1 rings (SSSR count). The van der Waals surface area contributed by atoms with E-state index < -0.39 is 7.82 Å². The van der Waals surface area contributed by atoms with Gasteiger partial charge in [0.05, 0.1) is 0 Å². The number of benzene rings is 1. The fourth-order valence-corrected chi connectivity index (χ4v) is 1.86. The molecule has 0 aliphatic carbocycles. The second kappa shape index (κ2) is 9.94. The molecule has 0 amide bonds. The summed E-state index contributed by atoms with van der Waals surface area (Å²) >= 11 is 0. The summed E-state index contributed by atoms with van der Waals surface area (Å²) in [6.45, 7) is 4.39. The summed E-state index contributed by atoms with van der Waals surface area (Å²) < 4.78 is 8.88. The molecule has 0 spiro atoms. The Balaban J connectivity index is 0.000000621. The quantitative estimate of drug-likeness (QED) is 0.605. The zero-order chi connectivity index (χ0) is 15.6. The molecule has 1 aromatic rings. The van der Waals surface area contributed by atoms with Crippen LogP contribution in [0.25, 0.3) is 0 Å². The van der Waals surface area contributed by atoms with Crippen LogP contribution in [0.5, 0.6) is 5.75 Å². The fourth-order valence-electron chi connectivity index (χ4n) is 1.86. The van der Waals surface area contributed by atoms with E-state index in [1.165, 1.54) is 30.4 Å². The number of aromatic hydroxyl groups is 1. The van der Waals surface area contributed by atoms with Crippen LogP contribution < -0.4 is 0 Å². The third-order valence-electron chi connectivity index (χ3n) is 2.83. The van der Waals surface area contributed by atoms with Gasteiger partial charge in [0, 0.05) is 0 Å². The topological polar surface area (TPSA) is 98.0 Å². The first-order valence-corrected chi connectivity index (χ1v) is 8.44. The highest BCUT2D eigenvalue weighted by Crippen LogP contribution is 2.26. The Labute approximate surface area is 120 Å².